The molecule has 40 heavy (non-hydrogen) atoms. The first kappa shape index (κ1) is 32.5. The number of hydrogen-bond acceptors (Lipinski definition) is 5. The number of rotatable bonds is 12. The number of Topliss-reactive ketones (excluding diaryl/α,β-unsaturated/α-hetero) is 3. The number of nitrogens with one attached hydrogen (secondary N) is 1. The Morgan fingerprint density at radius 2 is 1.55 bits per heavy atom. The van der Waals surface area contributed by atoms with Gasteiger partial charge in [0.15, 0.2) is 5.78 Å². The summed E-state index contributed by atoms with van der Waals surface area (Å²) < 4.78 is 0. The van der Waals surface area contributed by atoms with Crippen LogP contribution in [0.5, 0.6) is 0 Å². The van der Waals surface area contributed by atoms with Gasteiger partial charge in [-0.25, -0.2) is 0 Å². The number of carbonyl (C=O) groups is 5. The number of nitrogens with zero attached hydrogens (tertiary/aromatic N) is 1. The van der Waals surface area contributed by atoms with Crippen LogP contribution < -0.4 is 5.32 Å². The molecule has 4 unspecified atom stereocenters. The first-order valence-electron chi connectivity index (χ1n) is 15.4. The highest BCUT2D eigenvalue weighted by molar-refractivity contribution is 6.37. The first-order valence-corrected chi connectivity index (χ1v) is 15.4. The fourth-order valence-corrected chi connectivity index (χ4v) is 7.03. The Hall–Kier alpha value is -2.05. The number of carbonyl (C=O) groups excluding carboxylic acids is 5. The molecule has 1 saturated heterocycles. The number of amides is 2. The van der Waals surface area contributed by atoms with Gasteiger partial charge in [-0.1, -0.05) is 74.7 Å². The average Bonchev–Trinajstić information content (AvgIpc) is 3.10. The topological polar surface area (TPSA) is 101 Å². The van der Waals surface area contributed by atoms with Crippen LogP contribution in [-0.2, 0) is 24.0 Å². The molecule has 0 aromatic heterocycles. The maximum absolute atomic E-state index is 14.2. The molecule has 0 aromatic rings. The van der Waals surface area contributed by atoms with E-state index in [1.165, 1.54) is 0 Å². The zero-order chi connectivity index (χ0) is 30.4. The SMILES string of the molecule is CC(C)NC(=O)C(=O)C(CC(=O)[C@@H]1C2C(CN1C(=O)C(CC(=O)CC(C)(C)C)C(C)(C)C)C2(C)C)CC1CCC1. The van der Waals surface area contributed by atoms with Gasteiger partial charge in [0.1, 0.15) is 5.78 Å². The Morgan fingerprint density at radius 3 is 2.02 bits per heavy atom. The van der Waals surface area contributed by atoms with E-state index in [2.05, 4.69) is 19.2 Å². The highest BCUT2D eigenvalue weighted by Gasteiger charge is 2.69. The molecule has 226 valence electrons. The number of hydrogen-bond donors (Lipinski definition) is 1. The van der Waals surface area contributed by atoms with Gasteiger partial charge < -0.3 is 10.2 Å². The quantitative estimate of drug-likeness (QED) is 0.324. The van der Waals surface area contributed by atoms with Crippen molar-refractivity contribution in [3.63, 3.8) is 0 Å². The monoisotopic (exact) mass is 558 g/mol. The minimum absolute atomic E-state index is 0.0161. The molecule has 1 aliphatic heterocycles. The van der Waals surface area contributed by atoms with Gasteiger partial charge in [0, 0.05) is 43.7 Å². The van der Waals surface area contributed by atoms with Crippen LogP contribution in [0, 0.1) is 45.8 Å². The average molecular weight is 559 g/mol. The number of piperidine rings is 1. The summed E-state index contributed by atoms with van der Waals surface area (Å²) in [5, 5.41) is 2.70. The van der Waals surface area contributed by atoms with Crippen molar-refractivity contribution >= 4 is 29.2 Å². The van der Waals surface area contributed by atoms with E-state index in [0.29, 0.717) is 25.3 Å². The van der Waals surface area contributed by atoms with E-state index >= 15 is 0 Å². The molecule has 1 N–H and O–H groups in total. The molecule has 0 radical (unpaired) electrons. The van der Waals surface area contributed by atoms with Crippen LogP contribution in [-0.4, -0.2) is 52.7 Å². The summed E-state index contributed by atoms with van der Waals surface area (Å²) in [6, 6.07) is -0.775. The highest BCUT2D eigenvalue weighted by atomic mass is 16.2. The fraction of sp³-hybridized carbons (Fsp3) is 0.848. The number of fused-ring (bicyclic) bond motifs is 1. The summed E-state index contributed by atoms with van der Waals surface area (Å²) in [5.74, 6) is -1.89. The summed E-state index contributed by atoms with van der Waals surface area (Å²) in [6.45, 7) is 20.4. The minimum Gasteiger partial charge on any atom is -0.347 e. The molecule has 0 aromatic carbocycles. The van der Waals surface area contributed by atoms with Gasteiger partial charge in [-0.2, -0.15) is 0 Å². The van der Waals surface area contributed by atoms with E-state index in [9.17, 15) is 24.0 Å². The van der Waals surface area contributed by atoms with Gasteiger partial charge in [0.25, 0.3) is 5.91 Å². The normalized spacial score (nSPS) is 25.6. The summed E-state index contributed by atoms with van der Waals surface area (Å²) in [5.41, 5.74) is -0.665. The Labute approximate surface area is 242 Å². The van der Waals surface area contributed by atoms with Crippen molar-refractivity contribution in [3.05, 3.63) is 0 Å². The molecule has 0 bridgehead atoms. The second-order valence-corrected chi connectivity index (χ2v) is 16.2. The van der Waals surface area contributed by atoms with Crippen molar-refractivity contribution in [1.29, 1.82) is 0 Å². The Bertz CT molecular complexity index is 1010. The molecule has 7 heteroatoms. The van der Waals surface area contributed by atoms with E-state index < -0.39 is 35.0 Å². The Morgan fingerprint density at radius 1 is 0.950 bits per heavy atom. The molecule has 3 rings (SSSR count). The molecule has 1 heterocycles. The zero-order valence-corrected chi connectivity index (χ0v) is 26.7. The van der Waals surface area contributed by atoms with Crippen molar-refractivity contribution < 1.29 is 24.0 Å². The van der Waals surface area contributed by atoms with Gasteiger partial charge >= 0.3 is 0 Å². The van der Waals surface area contributed by atoms with Crippen molar-refractivity contribution in [2.24, 2.45) is 45.8 Å². The molecule has 3 aliphatic rings. The fourth-order valence-electron chi connectivity index (χ4n) is 7.03. The number of ketones is 3. The van der Waals surface area contributed by atoms with E-state index in [4.69, 9.17) is 0 Å². The second kappa shape index (κ2) is 11.7. The summed E-state index contributed by atoms with van der Waals surface area (Å²) in [6.07, 6.45) is 4.24. The van der Waals surface area contributed by atoms with Gasteiger partial charge in [-0.05, 0) is 54.3 Å². The van der Waals surface area contributed by atoms with Crippen molar-refractivity contribution in [1.82, 2.24) is 10.2 Å². The maximum Gasteiger partial charge on any atom is 0.287 e. The molecular formula is C33H54N2O5. The molecular weight excluding hydrogens is 504 g/mol. The largest absolute Gasteiger partial charge is 0.347 e. The Kier molecular flexibility index (Phi) is 9.48. The predicted octanol–water partition coefficient (Wildman–Crippen LogP) is 5.39. The summed E-state index contributed by atoms with van der Waals surface area (Å²) >= 11 is 0. The highest BCUT2D eigenvalue weighted by Crippen LogP contribution is 2.65. The molecule has 2 saturated carbocycles. The lowest BCUT2D eigenvalue weighted by Crippen LogP contribution is -2.51. The maximum atomic E-state index is 14.2. The second-order valence-electron chi connectivity index (χ2n) is 16.2. The minimum atomic E-state index is -0.666. The summed E-state index contributed by atoms with van der Waals surface area (Å²) in [4.78, 5) is 68.9. The summed E-state index contributed by atoms with van der Waals surface area (Å²) in [7, 11) is 0. The lowest BCUT2D eigenvalue weighted by Gasteiger charge is -2.38. The third-order valence-corrected chi connectivity index (χ3v) is 9.63. The van der Waals surface area contributed by atoms with Crippen LogP contribution in [0.15, 0.2) is 0 Å². The molecule has 0 spiro atoms. The third-order valence-electron chi connectivity index (χ3n) is 9.63. The number of likely N-dealkylation sites (tertiary alicyclic amines) is 1. The first-order chi connectivity index (χ1) is 18.2. The molecule has 5 atom stereocenters. The standard InChI is InChI=1S/C33H54N2O5/c1-19(2)34-29(39)28(38)21(14-20-12-11-13-20)15-25(37)27-26-24(33(26,9)10)18-35(27)30(40)23(32(6,7)8)16-22(36)17-31(3,4)5/h19-21,23-24,26-27H,11-18H2,1-10H3,(H,34,39)/t21?,23?,24?,26?,27-/m1/s1. The third kappa shape index (κ3) is 7.42. The van der Waals surface area contributed by atoms with Crippen LogP contribution in [0.2, 0.25) is 0 Å². The van der Waals surface area contributed by atoms with E-state index in [0.717, 1.165) is 19.3 Å². The van der Waals surface area contributed by atoms with Crippen LogP contribution in [0.4, 0.5) is 0 Å². The van der Waals surface area contributed by atoms with Gasteiger partial charge in [0.05, 0.1) is 6.04 Å². The molecule has 7 nitrogen and oxygen atoms in total. The van der Waals surface area contributed by atoms with Crippen molar-refractivity contribution in [2.45, 2.75) is 126 Å². The lowest BCUT2D eigenvalue weighted by molar-refractivity contribution is -0.148. The van der Waals surface area contributed by atoms with Crippen LogP contribution >= 0.6 is 0 Å². The van der Waals surface area contributed by atoms with E-state index in [-0.39, 0.29) is 59.0 Å². The smallest absolute Gasteiger partial charge is 0.287 e. The molecule has 2 aliphatic carbocycles. The van der Waals surface area contributed by atoms with Gasteiger partial charge in [-0.3, -0.25) is 24.0 Å². The predicted molar refractivity (Wildman–Crippen MR) is 156 cm³/mol. The van der Waals surface area contributed by atoms with Crippen molar-refractivity contribution in [3.8, 4) is 0 Å². The Balaban J connectivity index is 1.84. The van der Waals surface area contributed by atoms with E-state index in [1.54, 1.807) is 4.90 Å². The van der Waals surface area contributed by atoms with Gasteiger partial charge in [0.2, 0.25) is 11.7 Å². The van der Waals surface area contributed by atoms with Crippen molar-refractivity contribution in [2.75, 3.05) is 6.54 Å². The lowest BCUT2D eigenvalue weighted by atomic mass is 9.74. The van der Waals surface area contributed by atoms with Crippen LogP contribution in [0.25, 0.3) is 0 Å². The van der Waals surface area contributed by atoms with Gasteiger partial charge in [-0.15, -0.1) is 0 Å². The van der Waals surface area contributed by atoms with E-state index in [1.807, 2.05) is 55.4 Å². The molecule has 3 fully saturated rings. The van der Waals surface area contributed by atoms with Crippen LogP contribution in [0.1, 0.15) is 114 Å². The zero-order valence-electron chi connectivity index (χ0n) is 26.7. The van der Waals surface area contributed by atoms with Crippen LogP contribution in [0.3, 0.4) is 0 Å². The molecule has 2 amide bonds.